The number of allylic oxidation sites excluding steroid dienone is 2. The van der Waals surface area contributed by atoms with E-state index in [2.05, 4.69) is 20.8 Å². The SMILES string of the molecule is CCC/C(=C\c1ccc(O)c(F)c1)CC[C@H]1OB(O)C[C@H]2C1=C(C(C)C)C[C@H]1C(=O)N(c3ccccc3)C(=O)[C@H]12. The van der Waals surface area contributed by atoms with Crippen LogP contribution < -0.4 is 4.90 Å². The van der Waals surface area contributed by atoms with E-state index in [0.717, 1.165) is 29.6 Å². The predicted molar refractivity (Wildman–Crippen MR) is 154 cm³/mol. The molecule has 5 rings (SSSR count). The summed E-state index contributed by atoms with van der Waals surface area (Å²) < 4.78 is 20.1. The zero-order chi connectivity index (χ0) is 28.6. The Morgan fingerprint density at radius 3 is 2.55 bits per heavy atom. The number of para-hydroxylation sites is 1. The minimum Gasteiger partial charge on any atom is -0.505 e. The van der Waals surface area contributed by atoms with Crippen LogP contribution in [0.4, 0.5) is 10.1 Å². The van der Waals surface area contributed by atoms with Crippen molar-refractivity contribution < 1.29 is 28.8 Å². The molecule has 40 heavy (non-hydrogen) atoms. The van der Waals surface area contributed by atoms with E-state index in [4.69, 9.17) is 4.65 Å². The number of phenols is 1. The third kappa shape index (κ3) is 5.39. The summed E-state index contributed by atoms with van der Waals surface area (Å²) in [4.78, 5) is 28.7. The van der Waals surface area contributed by atoms with Gasteiger partial charge in [0.1, 0.15) is 0 Å². The van der Waals surface area contributed by atoms with Crippen molar-refractivity contribution in [2.45, 2.75) is 65.3 Å². The third-order valence-corrected chi connectivity index (χ3v) is 8.60. The minimum atomic E-state index is -1.02. The molecule has 210 valence electrons. The van der Waals surface area contributed by atoms with E-state index >= 15 is 0 Å². The van der Waals surface area contributed by atoms with Gasteiger partial charge in [-0.3, -0.25) is 14.5 Å². The predicted octanol–water partition coefficient (Wildman–Crippen LogP) is 6.15. The second-order valence-electron chi connectivity index (χ2n) is 11.5. The largest absolute Gasteiger partial charge is 0.505 e. The Morgan fingerprint density at radius 1 is 1.12 bits per heavy atom. The summed E-state index contributed by atoms with van der Waals surface area (Å²) in [6.07, 6.45) is 5.39. The molecule has 2 aliphatic heterocycles. The average molecular weight is 545 g/mol. The zero-order valence-corrected chi connectivity index (χ0v) is 23.3. The maximum Gasteiger partial charge on any atom is 0.455 e. The maximum atomic E-state index is 14.0. The summed E-state index contributed by atoms with van der Waals surface area (Å²) in [6, 6.07) is 13.4. The number of nitrogens with zero attached hydrogens (tertiary/aromatic N) is 1. The lowest BCUT2D eigenvalue weighted by Crippen LogP contribution is -2.46. The fourth-order valence-electron chi connectivity index (χ4n) is 6.84. The normalized spacial score (nSPS) is 25.1. The first-order valence-corrected chi connectivity index (χ1v) is 14.4. The molecule has 1 aliphatic carbocycles. The molecule has 2 N–H and O–H groups in total. The number of imide groups is 1. The highest BCUT2D eigenvalue weighted by atomic mass is 19.1. The summed E-state index contributed by atoms with van der Waals surface area (Å²) in [5.41, 5.74) is 4.61. The van der Waals surface area contributed by atoms with E-state index in [1.807, 2.05) is 24.3 Å². The number of halogens is 1. The Hall–Kier alpha value is -3.23. The van der Waals surface area contributed by atoms with Gasteiger partial charge in [-0.25, -0.2) is 4.39 Å². The molecule has 2 saturated heterocycles. The number of carbonyl (C=O) groups is 2. The number of amides is 2. The number of hydrogen-bond donors (Lipinski definition) is 2. The van der Waals surface area contributed by atoms with Crippen LogP contribution in [0.15, 0.2) is 65.3 Å². The van der Waals surface area contributed by atoms with Crippen molar-refractivity contribution in [3.63, 3.8) is 0 Å². The quantitative estimate of drug-likeness (QED) is 0.236. The molecule has 2 amide bonds. The lowest BCUT2D eigenvalue weighted by Gasteiger charge is -2.44. The van der Waals surface area contributed by atoms with Crippen LogP contribution in [0.2, 0.25) is 6.32 Å². The highest BCUT2D eigenvalue weighted by Gasteiger charge is 2.57. The molecule has 3 aliphatic rings. The van der Waals surface area contributed by atoms with E-state index in [0.29, 0.717) is 30.5 Å². The smallest absolute Gasteiger partial charge is 0.455 e. The molecule has 0 radical (unpaired) electrons. The Balaban J connectivity index is 1.45. The molecule has 0 aromatic heterocycles. The van der Waals surface area contributed by atoms with E-state index in [-0.39, 0.29) is 41.8 Å². The number of rotatable bonds is 8. The lowest BCUT2D eigenvalue weighted by molar-refractivity contribution is -0.122. The summed E-state index contributed by atoms with van der Waals surface area (Å²) in [7, 11) is -1.02. The summed E-state index contributed by atoms with van der Waals surface area (Å²) in [5.74, 6) is -2.44. The first-order valence-electron chi connectivity index (χ1n) is 14.4. The molecule has 0 spiro atoms. The van der Waals surface area contributed by atoms with Gasteiger partial charge in [-0.2, -0.15) is 0 Å². The first-order chi connectivity index (χ1) is 19.2. The number of benzene rings is 2. The monoisotopic (exact) mass is 545 g/mol. The highest BCUT2D eigenvalue weighted by molar-refractivity contribution is 6.43. The minimum absolute atomic E-state index is 0.162. The average Bonchev–Trinajstić information content (AvgIpc) is 3.18. The van der Waals surface area contributed by atoms with Crippen molar-refractivity contribution in [1.29, 1.82) is 0 Å². The van der Waals surface area contributed by atoms with Crippen LogP contribution in [0, 0.1) is 29.5 Å². The standard InChI is InChI=1S/C32H37BFNO5/c1-4-8-20(15-21-11-13-27(36)26(34)16-21)12-14-28-29-23(19(2)3)17-24-30(25(29)18-33(39)40-28)32(38)35(31(24)37)22-9-6-5-7-10-22/h5-7,9-11,13,15-16,19,24-25,28,30,36,39H,4,8,12,14,17-18H2,1-3H3/b20-15+/t24-,25+,28-,30-/m1/s1. The van der Waals surface area contributed by atoms with Gasteiger partial charge < -0.3 is 14.8 Å². The number of carbonyl (C=O) groups excluding carboxylic acids is 2. The molecule has 0 saturated carbocycles. The molecular weight excluding hydrogens is 508 g/mol. The van der Waals surface area contributed by atoms with Gasteiger partial charge >= 0.3 is 7.12 Å². The number of fused-ring (bicyclic) bond motifs is 3. The van der Waals surface area contributed by atoms with Gasteiger partial charge in [0.2, 0.25) is 11.8 Å². The molecule has 2 heterocycles. The van der Waals surface area contributed by atoms with Gasteiger partial charge in [-0.1, -0.05) is 68.7 Å². The fraction of sp³-hybridized carbons (Fsp3) is 0.438. The topological polar surface area (TPSA) is 87.1 Å². The number of anilines is 1. The Bertz CT molecular complexity index is 1340. The molecule has 0 unspecified atom stereocenters. The van der Waals surface area contributed by atoms with Crippen LogP contribution in [0.3, 0.4) is 0 Å². The first kappa shape index (κ1) is 28.3. The van der Waals surface area contributed by atoms with Crippen LogP contribution in [-0.4, -0.2) is 35.2 Å². The van der Waals surface area contributed by atoms with Crippen molar-refractivity contribution in [1.82, 2.24) is 0 Å². The van der Waals surface area contributed by atoms with E-state index in [9.17, 15) is 24.1 Å². The van der Waals surface area contributed by atoms with Crippen LogP contribution in [-0.2, 0) is 14.2 Å². The van der Waals surface area contributed by atoms with Gasteiger partial charge in [0.15, 0.2) is 11.6 Å². The van der Waals surface area contributed by atoms with Crippen LogP contribution in [0.5, 0.6) is 5.75 Å². The van der Waals surface area contributed by atoms with Crippen LogP contribution >= 0.6 is 0 Å². The molecule has 8 heteroatoms. The van der Waals surface area contributed by atoms with Gasteiger partial charge in [0, 0.05) is 0 Å². The molecular formula is C32H37BFNO5. The second-order valence-corrected chi connectivity index (χ2v) is 11.5. The summed E-state index contributed by atoms with van der Waals surface area (Å²) >= 11 is 0. The number of phenolic OH excluding ortho intramolecular Hbond substituents is 1. The second kappa shape index (κ2) is 11.7. The molecule has 0 bridgehead atoms. The fourth-order valence-corrected chi connectivity index (χ4v) is 6.84. The van der Waals surface area contributed by atoms with Gasteiger partial charge in [0.25, 0.3) is 0 Å². The van der Waals surface area contributed by atoms with Gasteiger partial charge in [-0.15, -0.1) is 0 Å². The van der Waals surface area contributed by atoms with Crippen molar-refractivity contribution in [2.75, 3.05) is 4.90 Å². The van der Waals surface area contributed by atoms with Crippen molar-refractivity contribution in [2.24, 2.45) is 23.7 Å². The van der Waals surface area contributed by atoms with Gasteiger partial charge in [0.05, 0.1) is 23.6 Å². The Morgan fingerprint density at radius 2 is 1.88 bits per heavy atom. The van der Waals surface area contributed by atoms with Crippen molar-refractivity contribution in [3.8, 4) is 5.75 Å². The lowest BCUT2D eigenvalue weighted by atomic mass is 9.57. The molecule has 2 fully saturated rings. The Kier molecular flexibility index (Phi) is 8.29. The van der Waals surface area contributed by atoms with Gasteiger partial charge in [-0.05, 0) is 79.2 Å². The molecule has 6 nitrogen and oxygen atoms in total. The molecule has 2 aromatic rings. The zero-order valence-electron chi connectivity index (χ0n) is 23.3. The van der Waals surface area contributed by atoms with Crippen LogP contribution in [0.25, 0.3) is 6.08 Å². The third-order valence-electron chi connectivity index (χ3n) is 8.60. The van der Waals surface area contributed by atoms with Crippen LogP contribution in [0.1, 0.15) is 58.4 Å². The number of hydrogen-bond acceptors (Lipinski definition) is 5. The molecule has 2 aromatic carbocycles. The van der Waals surface area contributed by atoms with Crippen molar-refractivity contribution >= 4 is 30.7 Å². The number of aromatic hydroxyl groups is 1. The van der Waals surface area contributed by atoms with E-state index < -0.39 is 24.8 Å². The summed E-state index contributed by atoms with van der Waals surface area (Å²) in [6.45, 7) is 6.31. The maximum absolute atomic E-state index is 14.0. The van der Waals surface area contributed by atoms with E-state index in [1.54, 1.807) is 18.2 Å². The van der Waals surface area contributed by atoms with Crippen molar-refractivity contribution in [3.05, 3.63) is 76.6 Å². The highest BCUT2D eigenvalue weighted by Crippen LogP contribution is 2.52. The summed E-state index contributed by atoms with van der Waals surface area (Å²) in [5, 5.41) is 20.4. The van der Waals surface area contributed by atoms with E-state index in [1.165, 1.54) is 17.0 Å². The molecule has 4 atom stereocenters. The Labute approximate surface area is 235 Å².